The highest BCUT2D eigenvalue weighted by Gasteiger charge is 2.25. The summed E-state index contributed by atoms with van der Waals surface area (Å²) < 4.78 is 33.8. The molecule has 0 spiro atoms. The van der Waals surface area contributed by atoms with Gasteiger partial charge in [0, 0.05) is 12.1 Å². The summed E-state index contributed by atoms with van der Waals surface area (Å²) in [5.41, 5.74) is 12.5. The fourth-order valence-electron chi connectivity index (χ4n) is 3.47. The van der Waals surface area contributed by atoms with Crippen LogP contribution in [0.4, 0.5) is 5.69 Å². The molecule has 0 aliphatic carbocycles. The van der Waals surface area contributed by atoms with Gasteiger partial charge in [-0.1, -0.05) is 17.3 Å². The number of guanidine groups is 1. The second kappa shape index (κ2) is 11.2. The number of nitrogens with one attached hydrogen (secondary N) is 2. The van der Waals surface area contributed by atoms with Gasteiger partial charge in [0.15, 0.2) is 5.96 Å². The van der Waals surface area contributed by atoms with Gasteiger partial charge < -0.3 is 26.4 Å². The maximum Gasteiger partial charge on any atom is 0.326 e. The monoisotopic (exact) mass is 534 g/mol. The van der Waals surface area contributed by atoms with Gasteiger partial charge in [0.25, 0.3) is 15.9 Å². The molecule has 3 aromatic rings. The molecule has 1 aromatic carbocycles. The summed E-state index contributed by atoms with van der Waals surface area (Å²) in [7, 11) is -4.08. The Morgan fingerprint density at radius 3 is 2.64 bits per heavy atom. The van der Waals surface area contributed by atoms with Gasteiger partial charge in [-0.2, -0.15) is 0 Å². The Hall–Kier alpha value is -3.91. The van der Waals surface area contributed by atoms with Crippen LogP contribution >= 0.6 is 11.3 Å². The molecule has 192 valence electrons. The Bertz CT molecular complexity index is 1370. The summed E-state index contributed by atoms with van der Waals surface area (Å²) in [5.74, 6) is -1.51. The zero-order valence-electron chi connectivity index (χ0n) is 19.5. The first-order valence-corrected chi connectivity index (χ1v) is 13.1. The highest BCUT2D eigenvalue weighted by molar-refractivity contribution is 7.92. The predicted molar refractivity (Wildman–Crippen MR) is 135 cm³/mol. The molecule has 12 nitrogen and oxygen atoms in total. The molecule has 2 heterocycles. The minimum Gasteiger partial charge on any atom is -0.480 e. The molecule has 0 radical (unpaired) electrons. The third kappa shape index (κ3) is 6.40. The number of carboxylic acids is 1. The van der Waals surface area contributed by atoms with Crippen LogP contribution in [0.1, 0.15) is 34.0 Å². The molecule has 1 atom stereocenters. The van der Waals surface area contributed by atoms with E-state index < -0.39 is 27.9 Å². The van der Waals surface area contributed by atoms with Crippen LogP contribution in [0.25, 0.3) is 11.1 Å². The summed E-state index contributed by atoms with van der Waals surface area (Å²) in [5, 5.41) is 17.3. The third-order valence-electron chi connectivity index (χ3n) is 5.13. The van der Waals surface area contributed by atoms with Gasteiger partial charge >= 0.3 is 5.97 Å². The van der Waals surface area contributed by atoms with Gasteiger partial charge in [-0.05, 0) is 55.8 Å². The average Bonchev–Trinajstić information content (AvgIpc) is 3.40. The Morgan fingerprint density at radius 1 is 1.25 bits per heavy atom. The number of aromatic nitrogens is 1. The average molecular weight is 535 g/mol. The van der Waals surface area contributed by atoms with Crippen molar-refractivity contribution < 1.29 is 27.6 Å². The number of carbonyl (C=O) groups is 2. The molecule has 0 unspecified atom stereocenters. The molecule has 36 heavy (non-hydrogen) atoms. The minimum atomic E-state index is -4.08. The lowest BCUT2D eigenvalue weighted by Gasteiger charge is -2.15. The summed E-state index contributed by atoms with van der Waals surface area (Å²) in [6.07, 6.45) is 0.402. The van der Waals surface area contributed by atoms with Crippen LogP contribution in [0.5, 0.6) is 0 Å². The molecule has 3 rings (SSSR count). The second-order valence-electron chi connectivity index (χ2n) is 7.81. The number of carboxylic acid groups (broad SMARTS) is 1. The molecule has 0 fully saturated rings. The second-order valence-corrected chi connectivity index (χ2v) is 10.4. The number of thiophene rings is 1. The van der Waals surface area contributed by atoms with Gasteiger partial charge in [-0.25, -0.2) is 13.2 Å². The zero-order chi connectivity index (χ0) is 26.5. The predicted octanol–water partition coefficient (Wildman–Crippen LogP) is 2.06. The van der Waals surface area contributed by atoms with E-state index in [2.05, 4.69) is 20.2 Å². The van der Waals surface area contributed by atoms with Crippen LogP contribution in [0.3, 0.4) is 0 Å². The molecular formula is C22H26N6O6S2. The van der Waals surface area contributed by atoms with Crippen LogP contribution in [-0.4, -0.2) is 49.1 Å². The topological polar surface area (TPSA) is 203 Å². The summed E-state index contributed by atoms with van der Waals surface area (Å²) in [6.45, 7) is 3.70. The number of hydrogen-bond acceptors (Lipinski definition) is 8. The number of nitrogens with two attached hydrogens (primary N) is 2. The van der Waals surface area contributed by atoms with Crippen molar-refractivity contribution in [1.29, 1.82) is 0 Å². The zero-order valence-corrected chi connectivity index (χ0v) is 21.1. The Kier molecular flexibility index (Phi) is 8.32. The maximum atomic E-state index is 13.1. The van der Waals surface area contributed by atoms with Gasteiger partial charge in [0.2, 0.25) is 0 Å². The van der Waals surface area contributed by atoms with E-state index in [1.54, 1.807) is 26.0 Å². The molecule has 0 bridgehead atoms. The van der Waals surface area contributed by atoms with Gasteiger partial charge in [0.05, 0.1) is 16.3 Å². The fraction of sp³-hybridized carbons (Fsp3) is 0.273. The largest absolute Gasteiger partial charge is 0.480 e. The smallest absolute Gasteiger partial charge is 0.326 e. The number of hydrogen-bond donors (Lipinski definition) is 5. The minimum absolute atomic E-state index is 0.0240. The third-order valence-corrected chi connectivity index (χ3v) is 7.41. The maximum absolute atomic E-state index is 13.1. The SMILES string of the molecule is Cc1noc(C)c1-c1cccc(S(=O)(=O)Nc2ccsc2C(=O)N[C@@H](CCCN=C(N)N)C(=O)O)c1. The van der Waals surface area contributed by atoms with Crippen LogP contribution in [0, 0.1) is 13.8 Å². The van der Waals surface area contributed by atoms with Crippen molar-refractivity contribution in [1.82, 2.24) is 10.5 Å². The van der Waals surface area contributed by atoms with Crippen LogP contribution < -0.4 is 21.5 Å². The van der Waals surface area contributed by atoms with Crippen molar-refractivity contribution in [3.8, 4) is 11.1 Å². The van der Waals surface area contributed by atoms with Crippen molar-refractivity contribution in [2.24, 2.45) is 16.5 Å². The number of anilines is 1. The molecule has 2 aromatic heterocycles. The lowest BCUT2D eigenvalue weighted by molar-refractivity contribution is -0.139. The van der Waals surface area contributed by atoms with Gasteiger partial charge in [-0.15, -0.1) is 11.3 Å². The fourth-order valence-corrected chi connectivity index (χ4v) is 5.40. The Balaban J connectivity index is 1.77. The normalized spacial score (nSPS) is 12.1. The molecule has 0 saturated carbocycles. The number of aliphatic carboxylic acids is 1. The quantitative estimate of drug-likeness (QED) is 0.138. The number of carbonyl (C=O) groups excluding carboxylic acids is 1. The van der Waals surface area contributed by atoms with E-state index in [4.69, 9.17) is 16.0 Å². The summed E-state index contributed by atoms with van der Waals surface area (Å²) >= 11 is 0.977. The van der Waals surface area contributed by atoms with Crippen LogP contribution in [0.2, 0.25) is 0 Å². The molecule has 7 N–H and O–H groups in total. The number of aryl methyl sites for hydroxylation is 2. The lowest BCUT2D eigenvalue weighted by atomic mass is 10.0. The highest BCUT2D eigenvalue weighted by Crippen LogP contribution is 2.30. The summed E-state index contributed by atoms with van der Waals surface area (Å²) in [6, 6.07) is 6.48. The number of aliphatic imine (C=N–C) groups is 1. The first-order valence-electron chi connectivity index (χ1n) is 10.7. The highest BCUT2D eigenvalue weighted by atomic mass is 32.2. The number of benzene rings is 1. The van der Waals surface area contributed by atoms with Crippen molar-refractivity contribution in [2.75, 3.05) is 11.3 Å². The number of rotatable bonds is 11. The number of amides is 1. The first kappa shape index (κ1) is 26.7. The van der Waals surface area contributed by atoms with E-state index in [0.717, 1.165) is 11.3 Å². The lowest BCUT2D eigenvalue weighted by Crippen LogP contribution is -2.40. The molecular weight excluding hydrogens is 508 g/mol. The van der Waals surface area contributed by atoms with E-state index in [0.29, 0.717) is 29.0 Å². The van der Waals surface area contributed by atoms with E-state index in [-0.39, 0.29) is 34.4 Å². The Labute approximate surface area is 211 Å². The van der Waals surface area contributed by atoms with Crippen molar-refractivity contribution >= 4 is 44.9 Å². The van der Waals surface area contributed by atoms with Crippen LogP contribution in [0.15, 0.2) is 50.1 Å². The van der Waals surface area contributed by atoms with Crippen molar-refractivity contribution in [2.45, 2.75) is 37.6 Å². The molecule has 0 saturated heterocycles. The van der Waals surface area contributed by atoms with E-state index in [1.807, 2.05) is 0 Å². The van der Waals surface area contributed by atoms with E-state index in [1.165, 1.54) is 23.6 Å². The summed E-state index contributed by atoms with van der Waals surface area (Å²) in [4.78, 5) is 28.2. The van der Waals surface area contributed by atoms with E-state index >= 15 is 0 Å². The van der Waals surface area contributed by atoms with Gasteiger partial charge in [0.1, 0.15) is 16.7 Å². The molecule has 1 amide bonds. The molecule has 14 heteroatoms. The van der Waals surface area contributed by atoms with Gasteiger partial charge in [-0.3, -0.25) is 14.5 Å². The number of sulfonamides is 1. The van der Waals surface area contributed by atoms with Crippen molar-refractivity contribution in [3.05, 3.63) is 52.0 Å². The molecule has 0 aliphatic rings. The standard InChI is InChI=1S/C22H26N6O6S2/c1-12-18(13(2)34-27-12)14-5-3-6-15(11-14)36(32,33)28-16-8-10-35-19(16)20(29)26-17(21(30)31)7-4-9-25-22(23)24/h3,5-6,8,10-11,17,28H,4,7,9H2,1-2H3,(H,26,29)(H,30,31)(H4,23,24,25)/t17-/m0/s1. The van der Waals surface area contributed by atoms with Crippen LogP contribution in [-0.2, 0) is 14.8 Å². The van der Waals surface area contributed by atoms with Crippen molar-refractivity contribution in [3.63, 3.8) is 0 Å². The first-order chi connectivity index (χ1) is 17.0. The number of nitrogens with zero attached hydrogens (tertiary/aromatic N) is 2. The Morgan fingerprint density at radius 2 is 2.00 bits per heavy atom. The molecule has 0 aliphatic heterocycles. The van der Waals surface area contributed by atoms with E-state index in [9.17, 15) is 23.1 Å².